The summed E-state index contributed by atoms with van der Waals surface area (Å²) in [6.07, 6.45) is 0. The molecular formula is C10H16Cl2Ge2. The van der Waals surface area contributed by atoms with Gasteiger partial charge in [-0.2, -0.15) is 0 Å². The maximum atomic E-state index is 6.53. The predicted octanol–water partition coefficient (Wildman–Crippen LogP) is 2.99. The fourth-order valence-corrected chi connectivity index (χ4v) is 16.9. The third-order valence-electron chi connectivity index (χ3n) is 2.21. The molecule has 0 aromatic heterocycles. The summed E-state index contributed by atoms with van der Waals surface area (Å²) in [6.45, 7) is 0. The number of benzene rings is 1. The standard InChI is InChI=1S/C10H16Cl2Ge2/c1-13(2,11)9-7-5-6-8-10(9)14(3,4)12/h5-8H,1-4H3. The average Bonchev–Trinajstić information content (AvgIpc) is 2.01. The van der Waals surface area contributed by atoms with Gasteiger partial charge >= 0.3 is 101 Å². The first kappa shape index (κ1) is 13.0. The first-order valence-electron chi connectivity index (χ1n) is 4.71. The quantitative estimate of drug-likeness (QED) is 0.718. The molecule has 0 aliphatic carbocycles. The molecule has 0 saturated carbocycles. The van der Waals surface area contributed by atoms with Crippen LogP contribution in [-0.4, -0.2) is 24.7 Å². The van der Waals surface area contributed by atoms with Crippen LogP contribution in [0.25, 0.3) is 0 Å². The molecule has 0 bridgehead atoms. The third kappa shape index (κ3) is 3.19. The van der Waals surface area contributed by atoms with Crippen molar-refractivity contribution in [1.82, 2.24) is 0 Å². The molecule has 1 aromatic rings. The van der Waals surface area contributed by atoms with E-state index in [1.54, 1.807) is 0 Å². The van der Waals surface area contributed by atoms with Crippen molar-refractivity contribution in [2.45, 2.75) is 23.0 Å². The van der Waals surface area contributed by atoms with Crippen LogP contribution in [0.4, 0.5) is 0 Å². The van der Waals surface area contributed by atoms with Crippen LogP contribution in [0.3, 0.4) is 0 Å². The van der Waals surface area contributed by atoms with Crippen molar-refractivity contribution in [3.8, 4) is 0 Å². The molecule has 14 heavy (non-hydrogen) atoms. The van der Waals surface area contributed by atoms with Crippen LogP contribution in [0.5, 0.6) is 0 Å². The predicted molar refractivity (Wildman–Crippen MR) is 72.4 cm³/mol. The van der Waals surface area contributed by atoms with Gasteiger partial charge in [-0.25, -0.2) is 0 Å². The summed E-state index contributed by atoms with van der Waals surface area (Å²) in [5, 5.41) is 0. The van der Waals surface area contributed by atoms with Crippen molar-refractivity contribution < 1.29 is 0 Å². The zero-order chi connectivity index (χ0) is 11.0. The summed E-state index contributed by atoms with van der Waals surface area (Å²) >= 11 is -4.51. The van der Waals surface area contributed by atoms with Gasteiger partial charge in [-0.15, -0.1) is 0 Å². The zero-order valence-corrected chi connectivity index (χ0v) is 14.8. The Balaban J connectivity index is 3.31. The molecule has 1 rings (SSSR count). The van der Waals surface area contributed by atoms with E-state index in [0.717, 1.165) is 0 Å². The molecule has 0 saturated heterocycles. The molecule has 0 aliphatic rings. The fourth-order valence-electron chi connectivity index (χ4n) is 1.52. The van der Waals surface area contributed by atoms with Gasteiger partial charge in [-0.1, -0.05) is 0 Å². The van der Waals surface area contributed by atoms with Crippen LogP contribution in [0.15, 0.2) is 24.3 Å². The molecular weight excluding hydrogens is 336 g/mol. The van der Waals surface area contributed by atoms with Gasteiger partial charge in [0.2, 0.25) is 0 Å². The van der Waals surface area contributed by atoms with E-state index in [0.29, 0.717) is 0 Å². The second-order valence-corrected chi connectivity index (χ2v) is 28.9. The fraction of sp³-hybridized carbons (Fsp3) is 0.400. The van der Waals surface area contributed by atoms with E-state index in [-0.39, 0.29) is 0 Å². The number of rotatable bonds is 2. The Morgan fingerprint density at radius 3 is 1.29 bits per heavy atom. The van der Waals surface area contributed by atoms with Crippen molar-refractivity contribution in [2.24, 2.45) is 0 Å². The summed E-state index contributed by atoms with van der Waals surface area (Å²) < 4.78 is 2.74. The van der Waals surface area contributed by atoms with Crippen LogP contribution in [0.2, 0.25) is 23.0 Å². The Kier molecular flexibility index (Phi) is 4.07. The van der Waals surface area contributed by atoms with E-state index in [9.17, 15) is 0 Å². The molecule has 0 unspecified atom stereocenters. The zero-order valence-electron chi connectivity index (χ0n) is 9.07. The van der Waals surface area contributed by atoms with Gasteiger partial charge in [0.25, 0.3) is 0 Å². The molecule has 0 fully saturated rings. The first-order valence-corrected chi connectivity index (χ1v) is 20.7. The Hall–Kier alpha value is 0.886. The van der Waals surface area contributed by atoms with Gasteiger partial charge in [0, 0.05) is 0 Å². The topological polar surface area (TPSA) is 0 Å². The maximum absolute atomic E-state index is 6.53. The summed E-state index contributed by atoms with van der Waals surface area (Å²) in [4.78, 5) is 0. The summed E-state index contributed by atoms with van der Waals surface area (Å²) in [5.74, 6) is 8.80. The van der Waals surface area contributed by atoms with Gasteiger partial charge in [-0.05, 0) is 0 Å². The van der Waals surface area contributed by atoms with E-state index in [1.165, 1.54) is 8.79 Å². The van der Waals surface area contributed by atoms with Gasteiger partial charge in [-0.3, -0.25) is 0 Å². The SMILES string of the molecule is [CH3][Ge]([CH3])([Cl])[c]1cccc[c]1[Ge]([CH3])([CH3])[Cl]. The number of halogens is 2. The normalized spacial score (nSPS) is 13.0. The monoisotopic (exact) mass is 354 g/mol. The van der Waals surface area contributed by atoms with E-state index < -0.39 is 24.7 Å². The molecule has 0 nitrogen and oxygen atoms in total. The molecule has 0 aliphatic heterocycles. The third-order valence-corrected chi connectivity index (χ3v) is 12.6. The Labute approximate surface area is 100 Å². The first-order chi connectivity index (χ1) is 6.23. The van der Waals surface area contributed by atoms with Gasteiger partial charge in [0.1, 0.15) is 0 Å². The van der Waals surface area contributed by atoms with Crippen LogP contribution < -0.4 is 8.79 Å². The minimum absolute atomic E-state index is 1.37. The van der Waals surface area contributed by atoms with Crippen LogP contribution in [0.1, 0.15) is 0 Å². The molecule has 0 heterocycles. The average molecular weight is 352 g/mol. The Bertz CT molecular complexity index is 291. The van der Waals surface area contributed by atoms with Gasteiger partial charge < -0.3 is 0 Å². The molecule has 78 valence electrons. The van der Waals surface area contributed by atoms with Crippen molar-refractivity contribution in [3.05, 3.63) is 24.3 Å². The number of hydrogen-bond acceptors (Lipinski definition) is 0. The molecule has 0 radical (unpaired) electrons. The number of hydrogen-bond donors (Lipinski definition) is 0. The molecule has 0 amide bonds. The summed E-state index contributed by atoms with van der Waals surface area (Å²) in [7, 11) is 13.1. The minimum atomic E-state index is -2.25. The Morgan fingerprint density at radius 2 is 1.07 bits per heavy atom. The van der Waals surface area contributed by atoms with Crippen LogP contribution >= 0.6 is 20.0 Å². The molecule has 4 heteroatoms. The molecule has 0 N–H and O–H groups in total. The van der Waals surface area contributed by atoms with E-state index in [2.05, 4.69) is 47.3 Å². The van der Waals surface area contributed by atoms with Crippen molar-refractivity contribution >= 4 is 53.5 Å². The Morgan fingerprint density at radius 1 is 0.786 bits per heavy atom. The molecule has 0 atom stereocenters. The van der Waals surface area contributed by atoms with Crippen LogP contribution in [0, 0.1) is 0 Å². The summed E-state index contributed by atoms with van der Waals surface area (Å²) in [6, 6.07) is 8.47. The summed E-state index contributed by atoms with van der Waals surface area (Å²) in [5.41, 5.74) is 0. The van der Waals surface area contributed by atoms with Gasteiger partial charge in [0.15, 0.2) is 0 Å². The molecule has 0 spiro atoms. The van der Waals surface area contributed by atoms with Crippen LogP contribution in [-0.2, 0) is 0 Å². The second-order valence-electron chi connectivity index (χ2n) is 4.49. The van der Waals surface area contributed by atoms with Crippen molar-refractivity contribution in [3.63, 3.8) is 0 Å². The van der Waals surface area contributed by atoms with E-state index >= 15 is 0 Å². The van der Waals surface area contributed by atoms with E-state index in [1.807, 2.05) is 0 Å². The van der Waals surface area contributed by atoms with Crippen molar-refractivity contribution in [1.29, 1.82) is 0 Å². The van der Waals surface area contributed by atoms with Crippen molar-refractivity contribution in [2.75, 3.05) is 0 Å². The van der Waals surface area contributed by atoms with Gasteiger partial charge in [0.05, 0.1) is 0 Å². The van der Waals surface area contributed by atoms with E-state index in [4.69, 9.17) is 20.0 Å². The molecule has 1 aromatic carbocycles. The second kappa shape index (κ2) is 4.40.